The summed E-state index contributed by atoms with van der Waals surface area (Å²) in [6, 6.07) is 3.86. The number of aromatic nitrogens is 2. The van der Waals surface area contributed by atoms with Gasteiger partial charge in [0, 0.05) is 11.8 Å². The first kappa shape index (κ1) is 9.11. The van der Waals surface area contributed by atoms with Gasteiger partial charge in [0.05, 0.1) is 11.5 Å². The Morgan fingerprint density at radius 1 is 1.50 bits per heavy atom. The highest BCUT2D eigenvalue weighted by Crippen LogP contribution is 2.22. The van der Waals surface area contributed by atoms with Crippen molar-refractivity contribution in [1.29, 1.82) is 0 Å². The Labute approximate surface area is 85.1 Å². The molecule has 0 radical (unpaired) electrons. The smallest absolute Gasteiger partial charge is 0.171 e. The number of anilines is 1. The Bertz CT molecular complexity index is 428. The molecule has 14 heavy (non-hydrogen) atoms. The number of hydrogen-bond donors (Lipinski definition) is 2. The van der Waals surface area contributed by atoms with Crippen LogP contribution in [0.15, 0.2) is 23.7 Å². The van der Waals surface area contributed by atoms with E-state index in [9.17, 15) is 0 Å². The van der Waals surface area contributed by atoms with E-state index in [0.717, 1.165) is 4.88 Å². The quantitative estimate of drug-likeness (QED) is 0.778. The number of aliphatic hydroxyl groups excluding tert-OH is 1. The van der Waals surface area contributed by atoms with Gasteiger partial charge in [-0.1, -0.05) is 6.07 Å². The maximum Gasteiger partial charge on any atom is 0.171 e. The van der Waals surface area contributed by atoms with E-state index in [1.165, 1.54) is 0 Å². The molecule has 2 rings (SSSR count). The van der Waals surface area contributed by atoms with Gasteiger partial charge >= 0.3 is 0 Å². The molecule has 5 heteroatoms. The lowest BCUT2D eigenvalue weighted by molar-refractivity contribution is 0.281. The Balaban J connectivity index is 2.43. The summed E-state index contributed by atoms with van der Waals surface area (Å²) in [7, 11) is 0. The van der Waals surface area contributed by atoms with Crippen LogP contribution in [-0.2, 0) is 6.61 Å². The molecule has 0 amide bonds. The van der Waals surface area contributed by atoms with Gasteiger partial charge in [0.2, 0.25) is 0 Å². The maximum atomic E-state index is 8.88. The predicted octanol–water partition coefficient (Wildman–Crippen LogP) is 1.28. The standard InChI is InChI=1S/C9H9N3OS/c10-8-6(5-13)4-11-9(12-8)7-2-1-3-14-7/h1-4,13H,5H2,(H2,10,11,12). The third-order valence-electron chi connectivity index (χ3n) is 1.81. The van der Waals surface area contributed by atoms with E-state index in [-0.39, 0.29) is 6.61 Å². The molecule has 0 aliphatic rings. The summed E-state index contributed by atoms with van der Waals surface area (Å²) in [4.78, 5) is 9.19. The Kier molecular flexibility index (Phi) is 2.43. The van der Waals surface area contributed by atoms with Crippen molar-refractivity contribution in [3.05, 3.63) is 29.3 Å². The molecule has 2 aromatic rings. The van der Waals surface area contributed by atoms with E-state index < -0.39 is 0 Å². The average molecular weight is 207 g/mol. The van der Waals surface area contributed by atoms with Gasteiger partial charge in [-0.2, -0.15) is 0 Å². The minimum atomic E-state index is -0.128. The molecule has 0 unspecified atom stereocenters. The fraction of sp³-hybridized carbons (Fsp3) is 0.111. The van der Waals surface area contributed by atoms with Gasteiger partial charge in [-0.3, -0.25) is 0 Å². The van der Waals surface area contributed by atoms with Crippen molar-refractivity contribution in [1.82, 2.24) is 9.97 Å². The largest absolute Gasteiger partial charge is 0.391 e. The zero-order valence-electron chi connectivity index (χ0n) is 7.34. The second-order valence-electron chi connectivity index (χ2n) is 2.74. The number of aliphatic hydroxyl groups is 1. The SMILES string of the molecule is Nc1nc(-c2cccs2)ncc1CO. The van der Waals surface area contributed by atoms with Crippen LogP contribution in [0.25, 0.3) is 10.7 Å². The predicted molar refractivity (Wildman–Crippen MR) is 55.7 cm³/mol. The summed E-state index contributed by atoms with van der Waals surface area (Å²) in [5.41, 5.74) is 6.19. The fourth-order valence-electron chi connectivity index (χ4n) is 1.07. The third kappa shape index (κ3) is 1.59. The van der Waals surface area contributed by atoms with Crippen molar-refractivity contribution in [3.63, 3.8) is 0 Å². The van der Waals surface area contributed by atoms with Gasteiger partial charge in [0.15, 0.2) is 5.82 Å². The zero-order chi connectivity index (χ0) is 9.97. The van der Waals surface area contributed by atoms with Crippen LogP contribution in [0.2, 0.25) is 0 Å². The molecule has 0 spiro atoms. The summed E-state index contributed by atoms with van der Waals surface area (Å²) in [6.07, 6.45) is 1.55. The van der Waals surface area contributed by atoms with Gasteiger partial charge in [-0.05, 0) is 11.4 Å². The zero-order valence-corrected chi connectivity index (χ0v) is 8.16. The van der Waals surface area contributed by atoms with Crippen LogP contribution in [0.5, 0.6) is 0 Å². The highest BCUT2D eigenvalue weighted by atomic mass is 32.1. The van der Waals surface area contributed by atoms with Crippen LogP contribution in [0.3, 0.4) is 0 Å². The van der Waals surface area contributed by atoms with E-state index in [0.29, 0.717) is 17.2 Å². The van der Waals surface area contributed by atoms with Crippen LogP contribution in [0.4, 0.5) is 5.82 Å². The van der Waals surface area contributed by atoms with Crippen LogP contribution < -0.4 is 5.73 Å². The van der Waals surface area contributed by atoms with Crippen molar-refractivity contribution in [3.8, 4) is 10.7 Å². The van der Waals surface area contributed by atoms with E-state index in [1.54, 1.807) is 17.5 Å². The summed E-state index contributed by atoms with van der Waals surface area (Å²) in [6.45, 7) is -0.128. The van der Waals surface area contributed by atoms with E-state index in [4.69, 9.17) is 10.8 Å². The highest BCUT2D eigenvalue weighted by Gasteiger charge is 2.05. The molecule has 0 atom stereocenters. The van der Waals surface area contributed by atoms with E-state index >= 15 is 0 Å². The lowest BCUT2D eigenvalue weighted by Gasteiger charge is -2.02. The van der Waals surface area contributed by atoms with Crippen molar-refractivity contribution in [2.45, 2.75) is 6.61 Å². The number of thiophene rings is 1. The minimum absolute atomic E-state index is 0.128. The molecule has 0 aliphatic carbocycles. The second kappa shape index (κ2) is 3.73. The molecule has 0 saturated carbocycles. The lowest BCUT2D eigenvalue weighted by Crippen LogP contribution is -2.00. The molecule has 2 heterocycles. The van der Waals surface area contributed by atoms with Gasteiger partial charge in [0.1, 0.15) is 5.82 Å². The second-order valence-corrected chi connectivity index (χ2v) is 3.69. The summed E-state index contributed by atoms with van der Waals surface area (Å²) in [5, 5.41) is 10.8. The number of nitrogens with zero attached hydrogens (tertiary/aromatic N) is 2. The topological polar surface area (TPSA) is 72.0 Å². The first-order valence-electron chi connectivity index (χ1n) is 4.07. The molecule has 4 nitrogen and oxygen atoms in total. The molecule has 3 N–H and O–H groups in total. The lowest BCUT2D eigenvalue weighted by atomic mass is 10.3. The first-order valence-corrected chi connectivity index (χ1v) is 4.95. The number of nitrogen functional groups attached to an aromatic ring is 1. The molecular weight excluding hydrogens is 198 g/mol. The van der Waals surface area contributed by atoms with Gasteiger partial charge < -0.3 is 10.8 Å². The molecule has 0 fully saturated rings. The number of rotatable bonds is 2. The maximum absolute atomic E-state index is 8.88. The fourth-order valence-corrected chi connectivity index (χ4v) is 1.73. The highest BCUT2D eigenvalue weighted by molar-refractivity contribution is 7.13. The molecule has 72 valence electrons. The van der Waals surface area contributed by atoms with Gasteiger partial charge in [-0.25, -0.2) is 9.97 Å². The molecule has 0 aliphatic heterocycles. The number of hydrogen-bond acceptors (Lipinski definition) is 5. The van der Waals surface area contributed by atoms with E-state index in [2.05, 4.69) is 9.97 Å². The van der Waals surface area contributed by atoms with Crippen molar-refractivity contribution < 1.29 is 5.11 Å². The summed E-state index contributed by atoms with van der Waals surface area (Å²) in [5.74, 6) is 0.945. The van der Waals surface area contributed by atoms with Crippen LogP contribution in [0, 0.1) is 0 Å². The monoisotopic (exact) mass is 207 g/mol. The minimum Gasteiger partial charge on any atom is -0.391 e. The van der Waals surface area contributed by atoms with E-state index in [1.807, 2.05) is 17.5 Å². The third-order valence-corrected chi connectivity index (χ3v) is 2.68. The normalized spacial score (nSPS) is 10.4. The summed E-state index contributed by atoms with van der Waals surface area (Å²) >= 11 is 1.56. The van der Waals surface area contributed by atoms with Crippen molar-refractivity contribution >= 4 is 17.2 Å². The molecule has 0 saturated heterocycles. The molecule has 0 bridgehead atoms. The van der Waals surface area contributed by atoms with Gasteiger partial charge in [-0.15, -0.1) is 11.3 Å². The first-order chi connectivity index (χ1) is 6.81. The van der Waals surface area contributed by atoms with Gasteiger partial charge in [0.25, 0.3) is 0 Å². The molecule has 2 aromatic heterocycles. The average Bonchev–Trinajstić information content (AvgIpc) is 2.70. The Hall–Kier alpha value is -1.46. The summed E-state index contributed by atoms with van der Waals surface area (Å²) < 4.78 is 0. The van der Waals surface area contributed by atoms with Crippen LogP contribution >= 0.6 is 11.3 Å². The van der Waals surface area contributed by atoms with Crippen LogP contribution in [-0.4, -0.2) is 15.1 Å². The Morgan fingerprint density at radius 2 is 2.36 bits per heavy atom. The molecular formula is C9H9N3OS. The van der Waals surface area contributed by atoms with Crippen molar-refractivity contribution in [2.75, 3.05) is 5.73 Å². The number of nitrogens with two attached hydrogens (primary N) is 1. The Morgan fingerprint density at radius 3 is 2.93 bits per heavy atom. The van der Waals surface area contributed by atoms with Crippen LogP contribution in [0.1, 0.15) is 5.56 Å². The van der Waals surface area contributed by atoms with Crippen molar-refractivity contribution in [2.24, 2.45) is 0 Å². The molecule has 0 aromatic carbocycles.